The van der Waals surface area contributed by atoms with Crippen LogP contribution in [0.15, 0.2) is 124 Å². The third kappa shape index (κ3) is 8.49. The van der Waals surface area contributed by atoms with Gasteiger partial charge in [0.15, 0.2) is 0 Å². The van der Waals surface area contributed by atoms with Crippen molar-refractivity contribution in [3.05, 3.63) is 191 Å². The summed E-state index contributed by atoms with van der Waals surface area (Å²) in [6.45, 7) is 27.7. The third-order valence-electron chi connectivity index (χ3n) is 12.9. The first-order chi connectivity index (χ1) is 27.6. The molecule has 0 saturated heterocycles. The minimum Gasteiger partial charge on any atom is -1.00 e. The average Bonchev–Trinajstić information content (AvgIpc) is 3.76. The quantitative estimate of drug-likeness (QED) is 0.151. The van der Waals surface area contributed by atoms with Crippen LogP contribution in [0.3, 0.4) is 0 Å². The Balaban J connectivity index is 0.00000302. The first-order valence-electron chi connectivity index (χ1n) is 21.4. The van der Waals surface area contributed by atoms with Crippen LogP contribution in [0.4, 0.5) is 0 Å². The molecular formula is C57H60Cl2Zr. The van der Waals surface area contributed by atoms with Crippen molar-refractivity contribution in [1.29, 1.82) is 0 Å². The van der Waals surface area contributed by atoms with Gasteiger partial charge in [-0.1, -0.05) is 0 Å². The summed E-state index contributed by atoms with van der Waals surface area (Å²) in [6, 6.07) is 40.9. The van der Waals surface area contributed by atoms with E-state index in [4.69, 9.17) is 0 Å². The Labute approximate surface area is 381 Å². The Morgan fingerprint density at radius 1 is 0.567 bits per heavy atom. The van der Waals surface area contributed by atoms with E-state index in [0.717, 1.165) is 12.8 Å². The van der Waals surface area contributed by atoms with E-state index in [-0.39, 0.29) is 30.2 Å². The van der Waals surface area contributed by atoms with Gasteiger partial charge in [-0.05, 0) is 0 Å². The number of hydrogen-bond acceptors (Lipinski definition) is 0. The van der Waals surface area contributed by atoms with Gasteiger partial charge in [0.05, 0.1) is 0 Å². The molecule has 8 rings (SSSR count). The van der Waals surface area contributed by atoms with E-state index in [9.17, 15) is 0 Å². The molecular weight excluding hydrogens is 847 g/mol. The van der Waals surface area contributed by atoms with Crippen molar-refractivity contribution in [3.8, 4) is 33.4 Å². The number of aryl methyl sites for hydroxylation is 8. The standard InChI is InChI=1S/C31H29.C15H14.C11H17.2ClH.Zr/c1-18-11-20(3)30(21(4)12-18)24-7-9-28-26(15-24)17-27-16-25(8-10-29(27)28)31-22(5)13-19(2)14-23(31)6;1-12-3-7-14(8-4-12)11-15-9-5-13(2)6-10-15;1-5-9-6-7-10(8-9)11(2,3)4;;;/h7-15H,17H2,1-6H3;3-10H,1-2H3;7-9H,5H2,1-4H3;2*1H;/q;;;;;+2/p-2. The fourth-order valence-electron chi connectivity index (χ4n) is 10.2. The molecule has 0 N–H and O–H groups in total. The number of rotatable bonds is 7. The Bertz CT molecular complexity index is 2620. The molecule has 6 aromatic rings. The van der Waals surface area contributed by atoms with Crippen LogP contribution in [0.5, 0.6) is 0 Å². The molecule has 3 heteroatoms. The molecule has 0 nitrogen and oxygen atoms in total. The van der Waals surface area contributed by atoms with Crippen LogP contribution < -0.4 is 28.1 Å². The van der Waals surface area contributed by atoms with Crippen LogP contribution in [0.1, 0.15) is 101 Å². The zero-order valence-corrected chi connectivity index (χ0v) is 41.7. The largest absolute Gasteiger partial charge is 1.00 e. The van der Waals surface area contributed by atoms with Gasteiger partial charge in [-0.3, -0.25) is 0 Å². The Morgan fingerprint density at radius 2 is 1.05 bits per heavy atom. The molecule has 0 aliphatic heterocycles. The van der Waals surface area contributed by atoms with Gasteiger partial charge in [0.2, 0.25) is 0 Å². The topological polar surface area (TPSA) is 0 Å². The van der Waals surface area contributed by atoms with Gasteiger partial charge in [-0.2, -0.15) is 0 Å². The van der Waals surface area contributed by atoms with Crippen molar-refractivity contribution in [2.24, 2.45) is 11.3 Å². The molecule has 6 aromatic carbocycles. The van der Waals surface area contributed by atoms with E-state index in [1.165, 1.54) is 100 Å². The molecule has 0 amide bonds. The zero-order chi connectivity index (χ0) is 41.2. The van der Waals surface area contributed by atoms with E-state index in [1.807, 2.05) is 0 Å². The van der Waals surface area contributed by atoms with E-state index in [2.05, 4.69) is 198 Å². The van der Waals surface area contributed by atoms with Gasteiger partial charge in [0.25, 0.3) is 0 Å². The van der Waals surface area contributed by atoms with Crippen molar-refractivity contribution in [1.82, 2.24) is 0 Å². The van der Waals surface area contributed by atoms with Crippen LogP contribution in [-0.4, -0.2) is 3.21 Å². The van der Waals surface area contributed by atoms with E-state index >= 15 is 0 Å². The van der Waals surface area contributed by atoms with Crippen LogP contribution in [0.25, 0.3) is 33.4 Å². The normalized spacial score (nSPS) is 13.9. The Hall–Kier alpha value is -3.87. The van der Waals surface area contributed by atoms with Crippen molar-refractivity contribution in [2.45, 2.75) is 95.9 Å². The first kappa shape index (κ1) is 45.7. The summed E-state index contributed by atoms with van der Waals surface area (Å²) < 4.78 is 4.97. The number of hydrogen-bond donors (Lipinski definition) is 0. The molecule has 0 aromatic heterocycles. The average molecular weight is 907 g/mol. The van der Waals surface area contributed by atoms with Gasteiger partial charge in [0.1, 0.15) is 0 Å². The van der Waals surface area contributed by atoms with Gasteiger partial charge >= 0.3 is 359 Å². The third-order valence-corrected chi connectivity index (χ3v) is 20.8. The molecule has 1 unspecified atom stereocenters. The smallest absolute Gasteiger partial charge is 1.00 e. The number of halogens is 2. The molecule has 2 aliphatic rings. The first-order valence-corrected chi connectivity index (χ1v) is 25.1. The fourth-order valence-corrected chi connectivity index (χ4v) is 19.3. The minimum atomic E-state index is -3.18. The van der Waals surface area contributed by atoms with Gasteiger partial charge in [-0.15, -0.1) is 0 Å². The Kier molecular flexibility index (Phi) is 13.6. The van der Waals surface area contributed by atoms with Crippen molar-refractivity contribution in [2.75, 3.05) is 0 Å². The molecule has 2 aliphatic carbocycles. The summed E-state index contributed by atoms with van der Waals surface area (Å²) in [5.74, 6) is 0.418. The van der Waals surface area contributed by atoms with Crippen molar-refractivity contribution < 1.29 is 46.1 Å². The van der Waals surface area contributed by atoms with E-state index in [1.54, 1.807) is 15.3 Å². The van der Waals surface area contributed by atoms with E-state index < -0.39 is 21.3 Å². The molecule has 306 valence electrons. The second kappa shape index (κ2) is 17.9. The molecule has 0 spiro atoms. The molecule has 1 atom stereocenters. The number of allylic oxidation sites excluding steroid dienone is 4. The zero-order valence-electron chi connectivity index (χ0n) is 37.7. The van der Waals surface area contributed by atoms with Crippen molar-refractivity contribution in [3.63, 3.8) is 0 Å². The molecule has 0 bridgehead atoms. The monoisotopic (exact) mass is 904 g/mol. The van der Waals surface area contributed by atoms with Crippen molar-refractivity contribution >= 4 is 6.48 Å². The van der Waals surface area contributed by atoms with Crippen LogP contribution >= 0.6 is 0 Å². The number of benzene rings is 6. The second-order valence-corrected chi connectivity index (χ2v) is 24.3. The van der Waals surface area contributed by atoms with Gasteiger partial charge in [-0.25, -0.2) is 0 Å². The predicted octanol–water partition coefficient (Wildman–Crippen LogP) is 8.48. The molecule has 0 saturated carbocycles. The summed E-state index contributed by atoms with van der Waals surface area (Å²) in [6.07, 6.45) is 7.41. The maximum Gasteiger partial charge on any atom is -1.00 e. The molecule has 0 heterocycles. The van der Waals surface area contributed by atoms with Crippen LogP contribution in [0.2, 0.25) is 0 Å². The number of fused-ring (bicyclic) bond motifs is 3. The summed E-state index contributed by atoms with van der Waals surface area (Å²) in [5, 5.41) is 0. The van der Waals surface area contributed by atoms with Gasteiger partial charge < -0.3 is 24.8 Å². The maximum atomic E-state index is 2.70. The van der Waals surface area contributed by atoms with E-state index in [0.29, 0.717) is 5.92 Å². The minimum absolute atomic E-state index is 0. The summed E-state index contributed by atoms with van der Waals surface area (Å²) in [4.78, 5) is 0. The van der Waals surface area contributed by atoms with Gasteiger partial charge in [0, 0.05) is 0 Å². The fraction of sp³-hybridized carbons (Fsp3) is 0.281. The Morgan fingerprint density at radius 3 is 1.55 bits per heavy atom. The second-order valence-electron chi connectivity index (χ2n) is 18.6. The summed E-state index contributed by atoms with van der Waals surface area (Å²) in [5.41, 5.74) is 26.5. The summed E-state index contributed by atoms with van der Waals surface area (Å²) in [7, 11) is 0. The van der Waals surface area contributed by atoms with Crippen LogP contribution in [0, 0.1) is 66.7 Å². The summed E-state index contributed by atoms with van der Waals surface area (Å²) >= 11 is -3.18. The molecule has 0 radical (unpaired) electrons. The maximum absolute atomic E-state index is 3.18. The van der Waals surface area contributed by atoms with Crippen LogP contribution in [-0.2, 0) is 27.7 Å². The molecule has 60 heavy (non-hydrogen) atoms. The SMILES string of the molecule is CCC1C=C(C(C)(C)C)C=[C]1[Zr+2](=[C](c1ccc(C)cc1)c1ccc(C)cc1)[c]1c(-c2c(C)cc(C)cc2C)ccc2c1Cc1cc(-c3c(C)cc(C)cc3C)ccc1-2.[Cl-].[Cl-]. The predicted molar refractivity (Wildman–Crippen MR) is 249 cm³/mol. The molecule has 0 fully saturated rings.